The van der Waals surface area contributed by atoms with Crippen LogP contribution in [0.4, 0.5) is 35.1 Å². The quantitative estimate of drug-likeness (QED) is 0.247. The largest absolute Gasteiger partial charge is 0.460 e. The summed E-state index contributed by atoms with van der Waals surface area (Å²) in [7, 11) is -6.71. The number of carbonyl (C=O) groups excluding carboxylic acids is 1. The number of Topliss-reactive ketones (excluding diaryl/α,β-unsaturated/α-hetero) is 1. The summed E-state index contributed by atoms with van der Waals surface area (Å²) < 4.78 is 148. The molecule has 0 aromatic rings. The van der Waals surface area contributed by atoms with Crippen LogP contribution >= 0.6 is 0 Å². The lowest BCUT2D eigenvalue weighted by atomic mass is 9.81. The molecule has 15 heteroatoms. The third-order valence-electron chi connectivity index (χ3n) is 5.71. The molecule has 0 bridgehead atoms. The van der Waals surface area contributed by atoms with Gasteiger partial charge in [0.2, 0.25) is 0 Å². The van der Waals surface area contributed by atoms with Crippen LogP contribution in [0.5, 0.6) is 0 Å². The van der Waals surface area contributed by atoms with Crippen molar-refractivity contribution < 1.29 is 62.0 Å². The Balaban J connectivity index is 3.16. The number of alkyl halides is 8. The van der Waals surface area contributed by atoms with Crippen molar-refractivity contribution in [2.75, 3.05) is 0 Å². The van der Waals surface area contributed by atoms with E-state index in [2.05, 4.69) is 8.92 Å². The van der Waals surface area contributed by atoms with Crippen molar-refractivity contribution in [3.05, 3.63) is 0 Å². The van der Waals surface area contributed by atoms with E-state index in [0.717, 1.165) is 0 Å². The molecule has 6 nitrogen and oxygen atoms in total. The first-order valence-electron chi connectivity index (χ1n) is 10.5. The lowest BCUT2D eigenvalue weighted by molar-refractivity contribution is -0.455. The number of hydrogen-bond donors (Lipinski definition) is 0. The van der Waals surface area contributed by atoms with Gasteiger partial charge in [-0.2, -0.15) is 43.5 Å². The fraction of sp³-hybridized carbons (Fsp3) is 0.947. The van der Waals surface area contributed by atoms with E-state index in [1.54, 1.807) is 13.8 Å². The van der Waals surface area contributed by atoms with Crippen LogP contribution in [0.25, 0.3) is 0 Å². The van der Waals surface area contributed by atoms with Crippen LogP contribution in [0.2, 0.25) is 0 Å². The van der Waals surface area contributed by atoms with Gasteiger partial charge in [-0.1, -0.05) is 27.7 Å². The van der Waals surface area contributed by atoms with Gasteiger partial charge in [-0.3, -0.25) is 8.98 Å². The molecule has 1 saturated heterocycles. The Morgan fingerprint density at radius 3 is 1.91 bits per heavy atom. The monoisotopic (exact) mass is 536 g/mol. The number of halogens is 8. The van der Waals surface area contributed by atoms with Crippen molar-refractivity contribution in [1.29, 1.82) is 0 Å². The standard InChI is InChI=1S/C19H28F8O6S/c1-6-8-13(28)9-16(20,21)17(22,23)33-18(24,25)19(26,27)34(29,30)32-15-11(4)10(3)14(7-2)31-12(15)5/h10-12,14-15H,6-9H2,1-5H3/t10-,11-,12-,14+,15-/m0/s1. The number of ketones is 1. The van der Waals surface area contributed by atoms with Crippen molar-refractivity contribution in [1.82, 2.24) is 0 Å². The fourth-order valence-electron chi connectivity index (χ4n) is 3.54. The Labute approximate surface area is 192 Å². The van der Waals surface area contributed by atoms with Gasteiger partial charge in [-0.25, -0.2) is 4.74 Å². The van der Waals surface area contributed by atoms with Crippen molar-refractivity contribution >= 4 is 15.9 Å². The highest BCUT2D eigenvalue weighted by molar-refractivity contribution is 7.87. The molecule has 0 spiro atoms. The van der Waals surface area contributed by atoms with E-state index in [9.17, 15) is 48.3 Å². The average molecular weight is 536 g/mol. The molecule has 0 amide bonds. The lowest BCUT2D eigenvalue weighted by Gasteiger charge is -2.43. The molecule has 202 valence electrons. The summed E-state index contributed by atoms with van der Waals surface area (Å²) in [6, 6.07) is 0. The van der Waals surface area contributed by atoms with E-state index >= 15 is 0 Å². The third-order valence-corrected chi connectivity index (χ3v) is 7.05. The Kier molecular flexibility index (Phi) is 9.57. The maximum atomic E-state index is 14.3. The molecule has 1 aliphatic rings. The van der Waals surface area contributed by atoms with Crippen LogP contribution in [0.15, 0.2) is 0 Å². The maximum Gasteiger partial charge on any atom is 0.460 e. The molecule has 0 saturated carbocycles. The first kappa shape index (κ1) is 31.0. The van der Waals surface area contributed by atoms with Crippen LogP contribution in [0.3, 0.4) is 0 Å². The van der Waals surface area contributed by atoms with Gasteiger partial charge in [0.25, 0.3) is 0 Å². The van der Waals surface area contributed by atoms with E-state index in [-0.39, 0.29) is 6.42 Å². The van der Waals surface area contributed by atoms with Crippen LogP contribution in [-0.4, -0.2) is 55.9 Å². The third kappa shape index (κ3) is 6.19. The predicted molar refractivity (Wildman–Crippen MR) is 102 cm³/mol. The van der Waals surface area contributed by atoms with Gasteiger partial charge in [-0.15, -0.1) is 0 Å². The normalized spacial score (nSPS) is 27.6. The van der Waals surface area contributed by atoms with E-state index in [1.165, 1.54) is 20.8 Å². The van der Waals surface area contributed by atoms with E-state index in [4.69, 9.17) is 4.74 Å². The van der Waals surface area contributed by atoms with Crippen molar-refractivity contribution in [2.45, 2.75) is 102 Å². The lowest BCUT2D eigenvalue weighted by Crippen LogP contribution is -2.58. The van der Waals surface area contributed by atoms with Crippen LogP contribution in [-0.2, 0) is 28.6 Å². The highest BCUT2D eigenvalue weighted by Gasteiger charge is 2.75. The molecule has 5 atom stereocenters. The number of rotatable bonds is 12. The Morgan fingerprint density at radius 1 is 0.912 bits per heavy atom. The smallest absolute Gasteiger partial charge is 0.372 e. The zero-order valence-corrected chi connectivity index (χ0v) is 19.9. The molecule has 0 unspecified atom stereocenters. The molecule has 0 aromatic heterocycles. The van der Waals surface area contributed by atoms with Crippen LogP contribution < -0.4 is 0 Å². The Bertz CT molecular complexity index is 820. The minimum atomic E-state index is -6.71. The summed E-state index contributed by atoms with van der Waals surface area (Å²) >= 11 is 0. The highest BCUT2D eigenvalue weighted by atomic mass is 32.2. The zero-order valence-electron chi connectivity index (χ0n) is 19.1. The zero-order chi connectivity index (χ0) is 26.9. The van der Waals surface area contributed by atoms with Crippen LogP contribution in [0, 0.1) is 11.8 Å². The molecule has 0 aromatic carbocycles. The molecule has 0 N–H and O–H groups in total. The van der Waals surface area contributed by atoms with Gasteiger partial charge in [0, 0.05) is 6.42 Å². The number of ether oxygens (including phenoxy) is 2. The fourth-order valence-corrected chi connectivity index (χ4v) is 4.62. The first-order chi connectivity index (χ1) is 15.2. The van der Waals surface area contributed by atoms with Gasteiger partial charge in [0.05, 0.1) is 18.6 Å². The summed E-state index contributed by atoms with van der Waals surface area (Å²) in [6.45, 7) is 7.27. The summed E-state index contributed by atoms with van der Waals surface area (Å²) in [5.41, 5.74) is 0. The van der Waals surface area contributed by atoms with E-state index in [1.807, 2.05) is 0 Å². The number of carbonyl (C=O) groups is 1. The van der Waals surface area contributed by atoms with Crippen molar-refractivity contribution in [2.24, 2.45) is 11.8 Å². The predicted octanol–water partition coefficient (Wildman–Crippen LogP) is 5.36. The summed E-state index contributed by atoms with van der Waals surface area (Å²) in [4.78, 5) is 11.2. The second kappa shape index (κ2) is 10.5. The second-order valence-electron chi connectivity index (χ2n) is 8.34. The van der Waals surface area contributed by atoms with Gasteiger partial charge in [0.1, 0.15) is 11.9 Å². The van der Waals surface area contributed by atoms with Crippen LogP contribution in [0.1, 0.15) is 60.3 Å². The molecule has 1 heterocycles. The topological polar surface area (TPSA) is 78.9 Å². The summed E-state index contributed by atoms with van der Waals surface area (Å²) in [5.74, 6) is -8.38. The molecule has 34 heavy (non-hydrogen) atoms. The Hall–Kier alpha value is -1.06. The first-order valence-corrected chi connectivity index (χ1v) is 11.9. The van der Waals surface area contributed by atoms with E-state index in [0.29, 0.717) is 6.42 Å². The Morgan fingerprint density at radius 2 is 1.44 bits per heavy atom. The second-order valence-corrected chi connectivity index (χ2v) is 9.96. The minimum Gasteiger partial charge on any atom is -0.372 e. The minimum absolute atomic E-state index is 0.0372. The molecule has 1 aliphatic heterocycles. The SMILES string of the molecule is CCCC(=O)CC(F)(F)C(F)(F)OC(F)(F)C(F)(F)S(=O)(=O)O[C@H]1[C@@H](C)[C@H](C)[C@@H](CC)O[C@H]1C. The average Bonchev–Trinajstić information content (AvgIpc) is 2.66. The van der Waals surface area contributed by atoms with Gasteiger partial charge in [-0.05, 0) is 31.6 Å². The van der Waals surface area contributed by atoms with E-state index < -0.39 is 82.3 Å². The highest BCUT2D eigenvalue weighted by Crippen LogP contribution is 2.49. The van der Waals surface area contributed by atoms with Crippen molar-refractivity contribution in [3.63, 3.8) is 0 Å². The van der Waals surface area contributed by atoms with Crippen molar-refractivity contribution in [3.8, 4) is 0 Å². The summed E-state index contributed by atoms with van der Waals surface area (Å²) in [5, 5.41) is -6.50. The van der Waals surface area contributed by atoms with Gasteiger partial charge in [0.15, 0.2) is 0 Å². The molecule has 0 radical (unpaired) electrons. The van der Waals surface area contributed by atoms with Gasteiger partial charge >= 0.3 is 33.5 Å². The molecule has 0 aliphatic carbocycles. The maximum absolute atomic E-state index is 14.3. The number of hydrogen-bond acceptors (Lipinski definition) is 6. The molecular formula is C19H28F8O6S. The summed E-state index contributed by atoms with van der Waals surface area (Å²) in [6.07, 6.45) is -18.8. The molecule has 1 fully saturated rings. The molecular weight excluding hydrogens is 508 g/mol. The molecule has 1 rings (SSSR count). The van der Waals surface area contributed by atoms with Gasteiger partial charge < -0.3 is 4.74 Å².